The number of nitrogens with zero attached hydrogens (tertiary/aromatic N) is 5. The highest BCUT2D eigenvalue weighted by Crippen LogP contribution is 2.50. The predicted molar refractivity (Wildman–Crippen MR) is 179 cm³/mol. The van der Waals surface area contributed by atoms with Crippen molar-refractivity contribution in [3.8, 4) is 39.3 Å². The van der Waals surface area contributed by atoms with E-state index in [1.54, 1.807) is 6.33 Å². The van der Waals surface area contributed by atoms with Crippen molar-refractivity contribution in [2.24, 2.45) is 0 Å². The molecule has 0 aliphatic carbocycles. The molecule has 0 amide bonds. The van der Waals surface area contributed by atoms with Crippen molar-refractivity contribution in [3.63, 3.8) is 0 Å². The van der Waals surface area contributed by atoms with Crippen LogP contribution in [0.15, 0.2) is 152 Å². The fraction of sp³-hybridized carbons (Fsp3) is 0. The second-order valence-electron chi connectivity index (χ2n) is 11.0. The Hall–Kier alpha value is -6.07. The van der Waals surface area contributed by atoms with E-state index in [-0.39, 0.29) is 0 Å². The Bertz CT molecular complexity index is 2340. The van der Waals surface area contributed by atoms with Crippen molar-refractivity contribution in [2.75, 3.05) is 4.90 Å². The normalized spacial score (nSPS) is 12.0. The number of fused-ring (bicyclic) bond motifs is 3. The third-order valence-electron chi connectivity index (χ3n) is 8.41. The maximum atomic E-state index is 5.10. The molecule has 0 radical (unpaired) electrons. The topological polar surface area (TPSA) is 46.8 Å². The summed E-state index contributed by atoms with van der Waals surface area (Å²) in [5.41, 5.74) is 11.8. The first-order valence-corrected chi connectivity index (χ1v) is 14.7. The highest BCUT2D eigenvalue weighted by Gasteiger charge is 2.28. The van der Waals surface area contributed by atoms with Crippen molar-refractivity contribution in [1.29, 1.82) is 0 Å². The van der Waals surface area contributed by atoms with Gasteiger partial charge in [-0.05, 0) is 77.4 Å². The van der Waals surface area contributed by atoms with Crippen LogP contribution in [0.4, 0.5) is 17.2 Å². The van der Waals surface area contributed by atoms with Crippen LogP contribution in [0.1, 0.15) is 0 Å². The van der Waals surface area contributed by atoms with Crippen LogP contribution in [0.5, 0.6) is 0 Å². The minimum absolute atomic E-state index is 0.895. The maximum absolute atomic E-state index is 5.10. The van der Waals surface area contributed by atoms with E-state index in [0.29, 0.717) is 0 Å². The van der Waals surface area contributed by atoms with E-state index >= 15 is 0 Å². The summed E-state index contributed by atoms with van der Waals surface area (Å²) in [5.74, 6) is 1.81. The predicted octanol–water partition coefficient (Wildman–Crippen LogP) is 9.75. The molecule has 3 heterocycles. The second-order valence-corrected chi connectivity index (χ2v) is 11.0. The summed E-state index contributed by atoms with van der Waals surface area (Å²) >= 11 is 0. The van der Waals surface area contributed by atoms with Crippen molar-refractivity contribution in [1.82, 2.24) is 19.5 Å². The van der Waals surface area contributed by atoms with E-state index in [1.807, 2.05) is 18.2 Å². The van der Waals surface area contributed by atoms with Crippen LogP contribution in [-0.4, -0.2) is 19.5 Å². The molecule has 0 saturated carbocycles. The molecule has 6 aromatic carbocycles. The number of hydrogen-bond donors (Lipinski definition) is 0. The van der Waals surface area contributed by atoms with Gasteiger partial charge in [-0.2, -0.15) is 0 Å². The molecular formula is C39H25N5. The average Bonchev–Trinajstić information content (AvgIpc) is 3.49. The Morgan fingerprint density at radius 3 is 2.07 bits per heavy atom. The SMILES string of the molecule is c1ccc(N2c3ccccc3-c3cc(-c4cccc(-c5nc6ccccc6n5-c5ccccc5)c4)cc4ncnc2c34)cc1. The lowest BCUT2D eigenvalue weighted by Gasteiger charge is -2.32. The zero-order valence-corrected chi connectivity index (χ0v) is 23.7. The Morgan fingerprint density at radius 2 is 1.20 bits per heavy atom. The number of imidazole rings is 1. The van der Waals surface area contributed by atoms with Crippen LogP contribution >= 0.6 is 0 Å². The Labute approximate surface area is 254 Å². The molecule has 206 valence electrons. The first-order valence-electron chi connectivity index (χ1n) is 14.7. The summed E-state index contributed by atoms with van der Waals surface area (Å²) in [4.78, 5) is 16.9. The first-order chi connectivity index (χ1) is 21.8. The third kappa shape index (κ3) is 3.76. The minimum atomic E-state index is 0.895. The van der Waals surface area contributed by atoms with Gasteiger partial charge in [-0.15, -0.1) is 0 Å². The number of para-hydroxylation sites is 5. The summed E-state index contributed by atoms with van der Waals surface area (Å²) in [6, 6.07) is 50.8. The molecule has 44 heavy (non-hydrogen) atoms. The van der Waals surface area contributed by atoms with Gasteiger partial charge in [-0.1, -0.05) is 84.9 Å². The van der Waals surface area contributed by atoms with E-state index in [1.165, 1.54) is 0 Å². The van der Waals surface area contributed by atoms with Crippen LogP contribution in [0, 0.1) is 0 Å². The zero-order chi connectivity index (χ0) is 29.0. The largest absolute Gasteiger partial charge is 0.294 e. The molecule has 5 nitrogen and oxygen atoms in total. The average molecular weight is 564 g/mol. The minimum Gasteiger partial charge on any atom is -0.294 e. The summed E-state index contributed by atoms with van der Waals surface area (Å²) < 4.78 is 2.24. The fourth-order valence-electron chi connectivity index (χ4n) is 6.47. The van der Waals surface area contributed by atoms with Gasteiger partial charge < -0.3 is 0 Å². The highest BCUT2D eigenvalue weighted by molar-refractivity contribution is 6.12. The molecule has 0 bridgehead atoms. The molecule has 1 aliphatic rings. The van der Waals surface area contributed by atoms with E-state index < -0.39 is 0 Å². The monoisotopic (exact) mass is 563 g/mol. The molecular weight excluding hydrogens is 538 g/mol. The zero-order valence-electron chi connectivity index (χ0n) is 23.7. The lowest BCUT2D eigenvalue weighted by Crippen LogP contribution is -2.16. The maximum Gasteiger partial charge on any atom is 0.149 e. The van der Waals surface area contributed by atoms with E-state index in [4.69, 9.17) is 15.0 Å². The van der Waals surface area contributed by atoms with Crippen molar-refractivity contribution < 1.29 is 0 Å². The number of hydrogen-bond acceptors (Lipinski definition) is 4. The lowest BCUT2D eigenvalue weighted by atomic mass is 9.90. The Balaban J connectivity index is 1.24. The molecule has 8 aromatic rings. The summed E-state index contributed by atoms with van der Waals surface area (Å²) in [5, 5.41) is 1.06. The van der Waals surface area contributed by atoms with Gasteiger partial charge in [0.15, 0.2) is 0 Å². The number of rotatable bonds is 4. The molecule has 0 spiro atoms. The quantitative estimate of drug-likeness (QED) is 0.214. The van der Waals surface area contributed by atoms with E-state index in [2.05, 4.69) is 137 Å². The van der Waals surface area contributed by atoms with Gasteiger partial charge in [-0.3, -0.25) is 9.47 Å². The van der Waals surface area contributed by atoms with Gasteiger partial charge in [0, 0.05) is 22.5 Å². The van der Waals surface area contributed by atoms with Gasteiger partial charge in [-0.25, -0.2) is 15.0 Å². The fourth-order valence-corrected chi connectivity index (χ4v) is 6.47. The first kappa shape index (κ1) is 24.5. The molecule has 0 fully saturated rings. The van der Waals surface area contributed by atoms with E-state index in [0.717, 1.165) is 78.5 Å². The van der Waals surface area contributed by atoms with Gasteiger partial charge in [0.2, 0.25) is 0 Å². The van der Waals surface area contributed by atoms with Crippen LogP contribution in [0.3, 0.4) is 0 Å². The molecule has 5 heteroatoms. The van der Waals surface area contributed by atoms with E-state index in [9.17, 15) is 0 Å². The molecule has 0 N–H and O–H groups in total. The van der Waals surface area contributed by atoms with Crippen LogP contribution in [-0.2, 0) is 0 Å². The van der Waals surface area contributed by atoms with Crippen molar-refractivity contribution in [3.05, 3.63) is 152 Å². The molecule has 1 aliphatic heterocycles. The van der Waals surface area contributed by atoms with Crippen LogP contribution in [0.25, 0.3) is 61.3 Å². The second kappa shape index (κ2) is 9.75. The lowest BCUT2D eigenvalue weighted by molar-refractivity contribution is 1.10. The van der Waals surface area contributed by atoms with Gasteiger partial charge in [0.25, 0.3) is 0 Å². The van der Waals surface area contributed by atoms with Crippen molar-refractivity contribution >= 4 is 39.1 Å². The molecule has 9 rings (SSSR count). The standard InChI is InChI=1S/C39H25N5/c1-3-14-29(15-4-1)43-35-20-9-7-18-31(35)32-23-28(24-34-37(32)39(43)41-25-40-34)26-12-11-13-27(22-26)38-42-33-19-8-10-21-36(33)44(38)30-16-5-2-6-17-30/h1-25H. The summed E-state index contributed by atoms with van der Waals surface area (Å²) in [6.07, 6.45) is 1.67. The van der Waals surface area contributed by atoms with Crippen LogP contribution in [0.2, 0.25) is 0 Å². The van der Waals surface area contributed by atoms with Gasteiger partial charge >= 0.3 is 0 Å². The Morgan fingerprint density at radius 1 is 0.477 bits per heavy atom. The number of aromatic nitrogens is 4. The van der Waals surface area contributed by atoms with Gasteiger partial charge in [0.1, 0.15) is 18.0 Å². The molecule has 0 unspecified atom stereocenters. The van der Waals surface area contributed by atoms with Crippen LogP contribution < -0.4 is 4.90 Å². The third-order valence-corrected chi connectivity index (χ3v) is 8.41. The molecule has 2 aromatic heterocycles. The van der Waals surface area contributed by atoms with Gasteiger partial charge in [0.05, 0.1) is 27.6 Å². The number of benzene rings is 6. The summed E-state index contributed by atoms with van der Waals surface area (Å²) in [7, 11) is 0. The van der Waals surface area contributed by atoms with Crippen molar-refractivity contribution in [2.45, 2.75) is 0 Å². The highest BCUT2D eigenvalue weighted by atomic mass is 15.2. The Kier molecular flexibility index (Phi) is 5.43. The smallest absolute Gasteiger partial charge is 0.149 e. The number of anilines is 3. The molecule has 0 atom stereocenters. The summed E-state index contributed by atoms with van der Waals surface area (Å²) in [6.45, 7) is 0. The molecule has 0 saturated heterocycles.